The van der Waals surface area contributed by atoms with E-state index >= 15 is 0 Å². The van der Waals surface area contributed by atoms with Crippen molar-refractivity contribution in [3.05, 3.63) is 24.1 Å². The molecule has 0 saturated heterocycles. The fourth-order valence-corrected chi connectivity index (χ4v) is 0.211. The minimum Gasteiger partial charge on any atom is -0.513 e. The molecule has 50 valence electrons. The summed E-state index contributed by atoms with van der Waals surface area (Å²) in [7, 11) is 0. The van der Waals surface area contributed by atoms with E-state index in [1.54, 1.807) is 0 Å². The summed E-state index contributed by atoms with van der Waals surface area (Å²) in [5.74, 6) is -1.10. The van der Waals surface area contributed by atoms with Crippen molar-refractivity contribution in [2.75, 3.05) is 0 Å². The van der Waals surface area contributed by atoms with Crippen LogP contribution in [0.2, 0.25) is 0 Å². The second kappa shape index (κ2) is 3.54. The Morgan fingerprint density at radius 2 is 2.00 bits per heavy atom. The Balaban J connectivity index is 3.86. The Bertz CT molecular complexity index is 160. The predicted octanol–water partition coefficient (Wildman–Crippen LogP) is -0.0147. The third-order valence-corrected chi connectivity index (χ3v) is 0.567. The van der Waals surface area contributed by atoms with Gasteiger partial charge in [-0.2, -0.15) is 0 Å². The van der Waals surface area contributed by atoms with Gasteiger partial charge in [-0.1, -0.05) is 0 Å². The van der Waals surface area contributed by atoms with Gasteiger partial charge in [-0.3, -0.25) is 0 Å². The fourth-order valence-electron chi connectivity index (χ4n) is 0.211. The summed E-state index contributed by atoms with van der Waals surface area (Å²) < 4.78 is 0. The van der Waals surface area contributed by atoms with Crippen molar-refractivity contribution < 1.29 is 15.0 Å². The first-order chi connectivity index (χ1) is 4.16. The smallest absolute Gasteiger partial charge is 0.328 e. The van der Waals surface area contributed by atoms with Crippen molar-refractivity contribution in [2.45, 2.75) is 0 Å². The highest BCUT2D eigenvalue weighted by molar-refractivity contribution is 5.80. The van der Waals surface area contributed by atoms with Crippen molar-refractivity contribution in [1.29, 1.82) is 0 Å². The van der Waals surface area contributed by atoms with E-state index < -0.39 is 5.97 Å². The summed E-state index contributed by atoms with van der Waals surface area (Å²) in [6, 6.07) is 0. The van der Waals surface area contributed by atoms with Crippen molar-refractivity contribution >= 4 is 5.97 Å². The molecule has 0 aromatic rings. The van der Waals surface area contributed by atoms with E-state index in [0.29, 0.717) is 6.26 Å². The number of carboxylic acids is 1. The molecule has 0 aromatic carbocycles. The van der Waals surface area contributed by atoms with Gasteiger partial charge in [0.25, 0.3) is 0 Å². The van der Waals surface area contributed by atoms with Crippen LogP contribution in [0.3, 0.4) is 0 Å². The van der Waals surface area contributed by atoms with E-state index in [2.05, 4.69) is 0 Å². The highest BCUT2D eigenvalue weighted by atomic mass is 16.4. The van der Waals surface area contributed by atoms with Crippen LogP contribution in [0, 0.1) is 0 Å². The van der Waals surface area contributed by atoms with E-state index in [9.17, 15) is 4.79 Å². The van der Waals surface area contributed by atoms with Crippen LogP contribution in [0.5, 0.6) is 0 Å². The maximum atomic E-state index is 9.77. The Hall–Kier alpha value is -1.45. The van der Waals surface area contributed by atoms with Gasteiger partial charge in [-0.15, -0.1) is 0 Å². The van der Waals surface area contributed by atoms with E-state index in [1.807, 2.05) is 0 Å². The molecule has 9 heavy (non-hydrogen) atoms. The summed E-state index contributed by atoms with van der Waals surface area (Å²) >= 11 is 0. The first-order valence-corrected chi connectivity index (χ1v) is 2.17. The lowest BCUT2D eigenvalue weighted by Gasteiger charge is -1.83. The molecule has 0 rings (SSSR count). The Labute approximate surface area is 51.9 Å². The molecule has 4 heteroatoms. The lowest BCUT2D eigenvalue weighted by atomic mass is 10.4. The summed E-state index contributed by atoms with van der Waals surface area (Å²) in [4.78, 5) is 9.77. The van der Waals surface area contributed by atoms with Gasteiger partial charge < -0.3 is 15.9 Å². The third kappa shape index (κ3) is 4.40. The molecule has 0 aromatic heterocycles. The Morgan fingerprint density at radius 1 is 1.44 bits per heavy atom. The molecule has 0 aliphatic carbocycles. The van der Waals surface area contributed by atoms with E-state index in [4.69, 9.17) is 15.9 Å². The second-order valence-electron chi connectivity index (χ2n) is 1.30. The topological polar surface area (TPSA) is 83.6 Å². The normalized spacial score (nSPS) is 12.2. The number of hydrogen-bond acceptors (Lipinski definition) is 3. The number of aliphatic hydroxyl groups is 1. The van der Waals surface area contributed by atoms with Crippen molar-refractivity contribution in [3.63, 3.8) is 0 Å². The molecular weight excluding hydrogens is 122 g/mol. The van der Waals surface area contributed by atoms with E-state index in [0.717, 1.165) is 12.2 Å². The monoisotopic (exact) mass is 129 g/mol. The zero-order valence-electron chi connectivity index (χ0n) is 4.61. The molecule has 0 fully saturated rings. The quantitative estimate of drug-likeness (QED) is 0.278. The molecule has 0 saturated carbocycles. The largest absolute Gasteiger partial charge is 0.513 e. The predicted molar refractivity (Wildman–Crippen MR) is 31.7 cm³/mol. The van der Waals surface area contributed by atoms with Gasteiger partial charge in [-0.25, -0.2) is 4.79 Å². The molecule has 0 amide bonds. The van der Waals surface area contributed by atoms with E-state index in [-0.39, 0.29) is 5.70 Å². The van der Waals surface area contributed by atoms with Crippen molar-refractivity contribution in [2.24, 2.45) is 5.73 Å². The molecular formula is C5H7NO3. The number of carbonyl (C=O) groups is 1. The molecule has 4 nitrogen and oxygen atoms in total. The maximum absolute atomic E-state index is 9.77. The number of rotatable bonds is 2. The average Bonchev–Trinajstić information content (AvgIpc) is 1.83. The van der Waals surface area contributed by atoms with Gasteiger partial charge in [0.1, 0.15) is 6.26 Å². The maximum Gasteiger partial charge on any atom is 0.328 e. The molecule has 0 unspecified atom stereocenters. The first-order valence-electron chi connectivity index (χ1n) is 2.17. The number of aliphatic hydroxyl groups excluding tert-OH is 1. The number of nitrogens with two attached hydrogens (primary N) is 1. The third-order valence-electron chi connectivity index (χ3n) is 0.567. The lowest BCUT2D eigenvalue weighted by Crippen LogP contribution is -1.94. The number of carboxylic acid groups (broad SMARTS) is 1. The summed E-state index contributed by atoms with van der Waals surface area (Å²) in [6.45, 7) is 0. The number of hydrogen-bond donors (Lipinski definition) is 3. The molecule has 0 heterocycles. The summed E-state index contributed by atoms with van der Waals surface area (Å²) in [5.41, 5.74) is 4.99. The zero-order chi connectivity index (χ0) is 7.28. The minimum atomic E-state index is -1.10. The van der Waals surface area contributed by atoms with Gasteiger partial charge in [-0.05, 0) is 6.08 Å². The van der Waals surface area contributed by atoms with Crippen LogP contribution in [0.25, 0.3) is 0 Å². The molecule has 4 N–H and O–H groups in total. The van der Waals surface area contributed by atoms with Crippen LogP contribution in [-0.4, -0.2) is 16.2 Å². The van der Waals surface area contributed by atoms with Crippen LogP contribution >= 0.6 is 0 Å². The van der Waals surface area contributed by atoms with Crippen molar-refractivity contribution in [3.8, 4) is 0 Å². The van der Waals surface area contributed by atoms with Crippen LogP contribution in [0.1, 0.15) is 0 Å². The molecule has 0 radical (unpaired) electrons. The number of allylic oxidation sites excluding steroid dienone is 1. The molecule has 0 aliphatic rings. The average molecular weight is 129 g/mol. The standard InChI is InChI=1S/C5H7NO3/c6-4(3-7)1-2-5(8)9/h1-3,7H,6H2,(H,8,9)/b2-1+,4-3+. The molecule has 0 aliphatic heterocycles. The van der Waals surface area contributed by atoms with Crippen LogP contribution in [-0.2, 0) is 4.79 Å². The van der Waals surface area contributed by atoms with Gasteiger partial charge in [0.15, 0.2) is 0 Å². The van der Waals surface area contributed by atoms with Crippen molar-refractivity contribution in [1.82, 2.24) is 0 Å². The lowest BCUT2D eigenvalue weighted by molar-refractivity contribution is -0.131. The van der Waals surface area contributed by atoms with Gasteiger partial charge >= 0.3 is 5.97 Å². The van der Waals surface area contributed by atoms with E-state index in [1.165, 1.54) is 0 Å². The highest BCUT2D eigenvalue weighted by Gasteiger charge is 1.84. The SMILES string of the molecule is NC(/C=C/C(=O)O)=C/O. The summed E-state index contributed by atoms with van der Waals surface area (Å²) in [5, 5.41) is 16.1. The second-order valence-corrected chi connectivity index (χ2v) is 1.30. The van der Waals surface area contributed by atoms with Gasteiger partial charge in [0, 0.05) is 6.08 Å². The fraction of sp³-hybridized carbons (Fsp3) is 0. The Morgan fingerprint density at radius 3 is 2.33 bits per heavy atom. The van der Waals surface area contributed by atoms with Crippen LogP contribution in [0.4, 0.5) is 0 Å². The highest BCUT2D eigenvalue weighted by Crippen LogP contribution is 1.82. The van der Waals surface area contributed by atoms with Crippen LogP contribution in [0.15, 0.2) is 24.1 Å². The molecule has 0 spiro atoms. The number of aliphatic carboxylic acids is 1. The first kappa shape index (κ1) is 7.55. The Kier molecular flexibility index (Phi) is 2.97. The summed E-state index contributed by atoms with van der Waals surface area (Å²) in [6.07, 6.45) is 2.55. The van der Waals surface area contributed by atoms with Crippen LogP contribution < -0.4 is 5.73 Å². The minimum absolute atomic E-state index is 0.0115. The zero-order valence-corrected chi connectivity index (χ0v) is 4.61. The van der Waals surface area contributed by atoms with Gasteiger partial charge in [0.05, 0.1) is 5.70 Å². The molecule has 0 atom stereocenters. The molecule has 0 bridgehead atoms. The van der Waals surface area contributed by atoms with Gasteiger partial charge in [0.2, 0.25) is 0 Å².